The molecular weight excluding hydrogens is 380 g/mol. The van der Waals surface area contributed by atoms with Crippen molar-refractivity contribution in [1.82, 2.24) is 0 Å². The molecular formula is C21H12O8. The van der Waals surface area contributed by atoms with Gasteiger partial charge in [-0.1, -0.05) is 12.1 Å². The second-order valence-electron chi connectivity index (χ2n) is 8.02. The summed E-state index contributed by atoms with van der Waals surface area (Å²) in [5.41, 5.74) is 1.81. The fourth-order valence-electron chi connectivity index (χ4n) is 5.40. The van der Waals surface area contributed by atoms with Crippen LogP contribution >= 0.6 is 0 Å². The quantitative estimate of drug-likeness (QED) is 0.673. The van der Waals surface area contributed by atoms with E-state index in [1.54, 1.807) is 30.3 Å². The van der Waals surface area contributed by atoms with Gasteiger partial charge < -0.3 is 23.7 Å². The van der Waals surface area contributed by atoms with Crippen LogP contribution in [0.1, 0.15) is 31.8 Å². The zero-order chi connectivity index (χ0) is 19.3. The molecule has 8 heteroatoms. The van der Waals surface area contributed by atoms with E-state index in [9.17, 15) is 9.59 Å². The van der Waals surface area contributed by atoms with E-state index >= 15 is 0 Å². The van der Waals surface area contributed by atoms with Gasteiger partial charge >= 0.3 is 0 Å². The maximum atomic E-state index is 13.0. The fourth-order valence-corrected chi connectivity index (χ4v) is 5.40. The predicted octanol–water partition coefficient (Wildman–Crippen LogP) is 1.43. The third-order valence-corrected chi connectivity index (χ3v) is 6.66. The van der Waals surface area contributed by atoms with E-state index in [1.807, 2.05) is 0 Å². The molecule has 2 fully saturated rings. The Morgan fingerprint density at radius 1 is 0.862 bits per heavy atom. The molecule has 29 heavy (non-hydrogen) atoms. The van der Waals surface area contributed by atoms with Gasteiger partial charge in [-0.25, -0.2) is 0 Å². The SMILES string of the molecule is COc1ccc2c3c1C(=O)[C@H]1O[C@H]1[C@]31Oc3cccc4c3[C@](O2)(O1)[C@@H]1O[C@@H]1C4=O. The molecule has 0 radical (unpaired) electrons. The molecule has 8 nitrogen and oxygen atoms in total. The summed E-state index contributed by atoms with van der Waals surface area (Å²) in [6.07, 6.45) is -2.49. The van der Waals surface area contributed by atoms with Gasteiger partial charge in [-0.2, -0.15) is 0 Å². The average molecular weight is 392 g/mol. The van der Waals surface area contributed by atoms with Crippen LogP contribution in [0.2, 0.25) is 0 Å². The molecule has 2 saturated heterocycles. The lowest BCUT2D eigenvalue weighted by molar-refractivity contribution is -0.369. The topological polar surface area (TPSA) is 96.1 Å². The van der Waals surface area contributed by atoms with E-state index in [1.165, 1.54) is 7.11 Å². The lowest BCUT2D eigenvalue weighted by Crippen LogP contribution is -2.63. The van der Waals surface area contributed by atoms with E-state index in [4.69, 9.17) is 28.4 Å². The van der Waals surface area contributed by atoms with Crippen LogP contribution in [0.15, 0.2) is 30.3 Å². The number of carbonyl (C=O) groups excluding carboxylic acids is 2. The molecule has 0 unspecified atom stereocenters. The van der Waals surface area contributed by atoms with Gasteiger partial charge in [0.25, 0.3) is 11.6 Å². The first-order valence-corrected chi connectivity index (χ1v) is 9.41. The Kier molecular flexibility index (Phi) is 2.15. The number of hydrogen-bond donors (Lipinski definition) is 0. The first-order chi connectivity index (χ1) is 14.1. The van der Waals surface area contributed by atoms with Gasteiger partial charge in [0.05, 0.1) is 23.8 Å². The molecule has 0 amide bonds. The Morgan fingerprint density at radius 2 is 1.55 bits per heavy atom. The number of methoxy groups -OCH3 is 1. The van der Waals surface area contributed by atoms with Crippen LogP contribution in [0.3, 0.4) is 0 Å². The molecule has 2 aromatic rings. The Bertz CT molecular complexity index is 1220. The molecule has 8 rings (SSSR count). The maximum absolute atomic E-state index is 13.0. The first kappa shape index (κ1) is 15.0. The second kappa shape index (κ2) is 4.16. The molecule has 0 aromatic heterocycles. The van der Waals surface area contributed by atoms with Crippen molar-refractivity contribution in [3.8, 4) is 17.2 Å². The summed E-state index contributed by atoms with van der Waals surface area (Å²) < 4.78 is 36.3. The highest BCUT2D eigenvalue weighted by atomic mass is 16.8. The van der Waals surface area contributed by atoms with Crippen LogP contribution in [0.4, 0.5) is 0 Å². The number of rotatable bonds is 1. The number of hydrogen-bond acceptors (Lipinski definition) is 8. The van der Waals surface area contributed by atoms with E-state index in [-0.39, 0.29) is 11.6 Å². The summed E-state index contributed by atoms with van der Waals surface area (Å²) in [5.74, 6) is -1.67. The van der Waals surface area contributed by atoms with Gasteiger partial charge in [-0.05, 0) is 18.2 Å². The monoisotopic (exact) mass is 392 g/mol. The Balaban J connectivity index is 1.49. The minimum Gasteiger partial charge on any atom is -0.496 e. The molecule has 2 bridgehead atoms. The summed E-state index contributed by atoms with van der Waals surface area (Å²) in [6, 6.07) is 8.68. The summed E-state index contributed by atoms with van der Waals surface area (Å²) in [7, 11) is 1.50. The van der Waals surface area contributed by atoms with E-state index in [0.717, 1.165) is 0 Å². The van der Waals surface area contributed by atoms with Crippen molar-refractivity contribution < 1.29 is 38.0 Å². The smallest absolute Gasteiger partial charge is 0.274 e. The van der Waals surface area contributed by atoms with Crippen LogP contribution in [0.25, 0.3) is 0 Å². The molecule has 2 aromatic carbocycles. The first-order valence-electron chi connectivity index (χ1n) is 9.41. The van der Waals surface area contributed by atoms with Gasteiger partial charge in [0, 0.05) is 5.56 Å². The highest BCUT2D eigenvalue weighted by molar-refractivity contribution is 6.08. The second-order valence-corrected chi connectivity index (χ2v) is 8.02. The molecule has 4 heterocycles. The molecule has 4 aliphatic heterocycles. The Hall–Kier alpha value is -2.94. The zero-order valence-corrected chi connectivity index (χ0v) is 15.0. The lowest BCUT2D eigenvalue weighted by atomic mass is 9.78. The lowest BCUT2D eigenvalue weighted by Gasteiger charge is -2.53. The Labute approximate surface area is 163 Å². The molecule has 144 valence electrons. The minimum absolute atomic E-state index is 0.107. The third-order valence-electron chi connectivity index (χ3n) is 6.66. The predicted molar refractivity (Wildman–Crippen MR) is 91.1 cm³/mol. The molecule has 0 saturated carbocycles. The van der Waals surface area contributed by atoms with E-state index in [2.05, 4.69) is 0 Å². The van der Waals surface area contributed by atoms with Crippen LogP contribution in [-0.2, 0) is 25.8 Å². The van der Waals surface area contributed by atoms with Crippen LogP contribution < -0.4 is 14.2 Å². The average Bonchev–Trinajstić information content (AvgIpc) is 3.62. The molecule has 2 spiro atoms. The van der Waals surface area contributed by atoms with Gasteiger partial charge in [0.1, 0.15) is 17.2 Å². The number of carbonyl (C=O) groups is 2. The third kappa shape index (κ3) is 1.39. The van der Waals surface area contributed by atoms with E-state index in [0.29, 0.717) is 39.5 Å². The number of epoxide rings is 2. The van der Waals surface area contributed by atoms with E-state index < -0.39 is 36.0 Å². The number of ether oxygens (including phenoxy) is 6. The van der Waals surface area contributed by atoms with Crippen molar-refractivity contribution in [3.63, 3.8) is 0 Å². The van der Waals surface area contributed by atoms with Crippen molar-refractivity contribution in [2.24, 2.45) is 0 Å². The van der Waals surface area contributed by atoms with Crippen LogP contribution in [0, 0.1) is 0 Å². The fraction of sp³-hybridized carbons (Fsp3) is 0.333. The van der Waals surface area contributed by atoms with Crippen LogP contribution in [-0.4, -0.2) is 43.1 Å². The highest BCUT2D eigenvalue weighted by Gasteiger charge is 2.79. The minimum atomic E-state index is -1.38. The number of benzene rings is 2. The number of Topliss-reactive ketones (excluding diaryl/α,β-unsaturated/α-hetero) is 2. The summed E-state index contributed by atoms with van der Waals surface area (Å²) in [5, 5.41) is 0. The zero-order valence-electron chi connectivity index (χ0n) is 15.0. The Morgan fingerprint density at radius 3 is 2.31 bits per heavy atom. The van der Waals surface area contributed by atoms with Crippen molar-refractivity contribution in [1.29, 1.82) is 0 Å². The number of ketones is 2. The van der Waals surface area contributed by atoms with Gasteiger partial charge in [-0.3, -0.25) is 14.3 Å². The van der Waals surface area contributed by atoms with Gasteiger partial charge in [0.2, 0.25) is 0 Å². The largest absolute Gasteiger partial charge is 0.496 e. The normalized spacial score (nSPS) is 40.4. The molecule has 6 aliphatic rings. The summed E-state index contributed by atoms with van der Waals surface area (Å²) >= 11 is 0. The molecule has 0 N–H and O–H groups in total. The standard InChI is InChI=1S/C21H12O8/c1-24-8-5-6-10-13-11(8)15(23)17-19(26-17)21(13)27-9-4-2-3-7-12(9)20(28-10,29-21)18-16(25-18)14(7)22/h2-6,16-19H,1H3/t16-,17-,18-,19-,20+,21+/m1/s1. The van der Waals surface area contributed by atoms with Crippen molar-refractivity contribution in [2.75, 3.05) is 7.11 Å². The van der Waals surface area contributed by atoms with Crippen LogP contribution in [0.5, 0.6) is 17.2 Å². The van der Waals surface area contributed by atoms with Crippen molar-refractivity contribution >= 4 is 11.6 Å². The van der Waals surface area contributed by atoms with Crippen molar-refractivity contribution in [3.05, 3.63) is 52.6 Å². The maximum Gasteiger partial charge on any atom is 0.274 e. The molecule has 2 aliphatic carbocycles. The van der Waals surface area contributed by atoms with Gasteiger partial charge in [-0.15, -0.1) is 0 Å². The van der Waals surface area contributed by atoms with Gasteiger partial charge in [0.15, 0.2) is 36.0 Å². The number of fused-ring (bicyclic) bond motifs is 2. The van der Waals surface area contributed by atoms with Crippen molar-refractivity contribution in [2.45, 2.75) is 36.0 Å². The summed E-state index contributed by atoms with van der Waals surface area (Å²) in [6.45, 7) is 0. The highest BCUT2D eigenvalue weighted by Crippen LogP contribution is 2.67. The molecule has 6 atom stereocenters. The summed E-state index contributed by atoms with van der Waals surface area (Å²) in [4.78, 5) is 25.7.